The molecule has 0 radical (unpaired) electrons. The molecular weight excluding hydrogens is 418 g/mol. The lowest BCUT2D eigenvalue weighted by molar-refractivity contribution is -0.384. The first kappa shape index (κ1) is 20.5. The maximum atomic E-state index is 13.3. The van der Waals surface area contributed by atoms with Gasteiger partial charge < -0.3 is 5.32 Å². The highest BCUT2D eigenvalue weighted by Gasteiger charge is 2.29. The highest BCUT2D eigenvalue weighted by molar-refractivity contribution is 7.92. The van der Waals surface area contributed by atoms with Crippen molar-refractivity contribution >= 4 is 33.0 Å². The van der Waals surface area contributed by atoms with E-state index in [0.29, 0.717) is 17.9 Å². The highest BCUT2D eigenvalue weighted by atomic mass is 32.2. The van der Waals surface area contributed by atoms with Crippen molar-refractivity contribution in [2.45, 2.75) is 17.7 Å². The molecule has 31 heavy (non-hydrogen) atoms. The lowest BCUT2D eigenvalue weighted by Crippen LogP contribution is -2.35. The molecule has 1 aliphatic heterocycles. The van der Waals surface area contributed by atoms with Crippen molar-refractivity contribution in [3.8, 4) is 0 Å². The quantitative estimate of drug-likeness (QED) is 0.479. The van der Waals surface area contributed by atoms with Gasteiger partial charge in [-0.05, 0) is 54.8 Å². The molecule has 1 aliphatic rings. The molecule has 1 amide bonds. The fourth-order valence-electron chi connectivity index (χ4n) is 3.54. The smallest absolute Gasteiger partial charge is 0.269 e. The van der Waals surface area contributed by atoms with Gasteiger partial charge in [0.05, 0.1) is 15.5 Å². The summed E-state index contributed by atoms with van der Waals surface area (Å²) < 4.78 is 28.0. The lowest BCUT2D eigenvalue weighted by Gasteiger charge is -2.30. The first-order valence-electron chi connectivity index (χ1n) is 9.63. The molecule has 8 nitrogen and oxygen atoms in total. The van der Waals surface area contributed by atoms with E-state index in [2.05, 4.69) is 5.32 Å². The van der Waals surface area contributed by atoms with Crippen LogP contribution in [0.2, 0.25) is 0 Å². The summed E-state index contributed by atoms with van der Waals surface area (Å²) in [4.78, 5) is 22.9. The molecule has 3 aromatic rings. The van der Waals surface area contributed by atoms with Crippen LogP contribution in [-0.2, 0) is 16.4 Å². The molecule has 0 unspecified atom stereocenters. The van der Waals surface area contributed by atoms with E-state index in [1.165, 1.54) is 52.8 Å². The van der Waals surface area contributed by atoms with E-state index >= 15 is 0 Å². The molecule has 1 heterocycles. The van der Waals surface area contributed by atoms with Gasteiger partial charge in [0.25, 0.3) is 21.6 Å². The van der Waals surface area contributed by atoms with Crippen LogP contribution >= 0.6 is 0 Å². The number of anilines is 2. The van der Waals surface area contributed by atoms with E-state index < -0.39 is 20.9 Å². The molecule has 0 bridgehead atoms. The monoisotopic (exact) mass is 437 g/mol. The zero-order chi connectivity index (χ0) is 22.0. The molecule has 0 aromatic heterocycles. The molecule has 0 atom stereocenters. The maximum absolute atomic E-state index is 13.3. The zero-order valence-corrected chi connectivity index (χ0v) is 17.2. The fraction of sp³-hybridized carbons (Fsp3) is 0.136. The normalized spacial score (nSPS) is 13.4. The fourth-order valence-corrected chi connectivity index (χ4v) is 5.13. The van der Waals surface area contributed by atoms with Crippen LogP contribution in [0.15, 0.2) is 77.7 Å². The first-order valence-corrected chi connectivity index (χ1v) is 11.1. The average molecular weight is 437 g/mol. The number of amides is 1. The number of carbonyl (C=O) groups is 1. The largest absolute Gasteiger partial charge is 0.322 e. The Morgan fingerprint density at radius 3 is 2.48 bits per heavy atom. The number of nitrogens with one attached hydrogen (secondary N) is 1. The van der Waals surface area contributed by atoms with Crippen molar-refractivity contribution in [2.75, 3.05) is 16.2 Å². The van der Waals surface area contributed by atoms with Gasteiger partial charge in [-0.15, -0.1) is 0 Å². The Morgan fingerprint density at radius 2 is 1.74 bits per heavy atom. The summed E-state index contributed by atoms with van der Waals surface area (Å²) in [6.07, 6.45) is 1.54. The number of benzene rings is 3. The Balaban J connectivity index is 1.59. The molecule has 1 N–H and O–H groups in total. The number of aryl methyl sites for hydroxylation is 1. The van der Waals surface area contributed by atoms with Crippen molar-refractivity contribution < 1.29 is 18.1 Å². The van der Waals surface area contributed by atoms with Gasteiger partial charge in [-0.3, -0.25) is 19.2 Å². The van der Waals surface area contributed by atoms with Crippen molar-refractivity contribution in [3.05, 3.63) is 94.0 Å². The molecular formula is C22H19N3O5S. The van der Waals surface area contributed by atoms with Crippen LogP contribution in [0, 0.1) is 10.1 Å². The number of non-ortho nitro benzene ring substituents is 1. The third kappa shape index (κ3) is 4.13. The van der Waals surface area contributed by atoms with Gasteiger partial charge in [-0.1, -0.05) is 24.3 Å². The summed E-state index contributed by atoms with van der Waals surface area (Å²) >= 11 is 0. The van der Waals surface area contributed by atoms with Crippen LogP contribution in [0.25, 0.3) is 0 Å². The van der Waals surface area contributed by atoms with Gasteiger partial charge in [0, 0.05) is 29.9 Å². The zero-order valence-electron chi connectivity index (χ0n) is 16.4. The van der Waals surface area contributed by atoms with Crippen molar-refractivity contribution in [1.29, 1.82) is 0 Å². The Kier molecular flexibility index (Phi) is 5.43. The second-order valence-electron chi connectivity index (χ2n) is 7.10. The predicted molar refractivity (Wildman–Crippen MR) is 117 cm³/mol. The SMILES string of the molecule is O=C(Nc1ccc([N+](=O)[O-])cc1)c1cccc(S(=O)(=O)N2CCCc3ccccc32)c1. The topological polar surface area (TPSA) is 110 Å². The van der Waals surface area contributed by atoms with E-state index in [-0.39, 0.29) is 16.1 Å². The van der Waals surface area contributed by atoms with Gasteiger partial charge >= 0.3 is 0 Å². The molecule has 0 fully saturated rings. The second kappa shape index (κ2) is 8.19. The molecule has 0 aliphatic carbocycles. The van der Waals surface area contributed by atoms with Crippen LogP contribution in [0.1, 0.15) is 22.3 Å². The molecule has 3 aromatic carbocycles. The Labute approximate surface area is 179 Å². The number of hydrogen-bond donors (Lipinski definition) is 1. The highest BCUT2D eigenvalue weighted by Crippen LogP contribution is 2.32. The summed E-state index contributed by atoms with van der Waals surface area (Å²) in [6, 6.07) is 18.7. The summed E-state index contributed by atoms with van der Waals surface area (Å²) in [5.41, 5.74) is 2.09. The summed E-state index contributed by atoms with van der Waals surface area (Å²) in [6.45, 7) is 0.374. The number of carbonyl (C=O) groups excluding carboxylic acids is 1. The molecule has 0 saturated carbocycles. The number of nitrogens with zero attached hydrogens (tertiary/aromatic N) is 2. The standard InChI is InChI=1S/C22H19N3O5S/c26-22(23-18-10-12-19(13-11-18)25(27)28)17-6-3-8-20(15-17)31(29,30)24-14-4-7-16-5-1-2-9-21(16)24/h1-3,5-6,8-13,15H,4,7,14H2,(H,23,26). The third-order valence-corrected chi connectivity index (χ3v) is 6.90. The third-order valence-electron chi connectivity index (χ3n) is 5.09. The van der Waals surface area contributed by atoms with E-state index in [9.17, 15) is 23.3 Å². The number of fused-ring (bicyclic) bond motifs is 1. The van der Waals surface area contributed by atoms with Gasteiger partial charge in [-0.25, -0.2) is 8.42 Å². The lowest BCUT2D eigenvalue weighted by atomic mass is 10.0. The Morgan fingerprint density at radius 1 is 1.00 bits per heavy atom. The average Bonchev–Trinajstić information content (AvgIpc) is 2.79. The van der Waals surface area contributed by atoms with Gasteiger partial charge in [-0.2, -0.15) is 0 Å². The Bertz CT molecular complexity index is 1260. The van der Waals surface area contributed by atoms with Crippen LogP contribution in [0.4, 0.5) is 17.1 Å². The number of rotatable bonds is 5. The van der Waals surface area contributed by atoms with E-state index in [4.69, 9.17) is 0 Å². The number of sulfonamides is 1. The van der Waals surface area contributed by atoms with Crippen LogP contribution < -0.4 is 9.62 Å². The van der Waals surface area contributed by atoms with E-state index in [1.54, 1.807) is 12.1 Å². The minimum absolute atomic E-state index is 0.0283. The number of para-hydroxylation sites is 1. The molecule has 0 spiro atoms. The molecule has 4 rings (SSSR count). The van der Waals surface area contributed by atoms with Crippen molar-refractivity contribution in [3.63, 3.8) is 0 Å². The molecule has 158 valence electrons. The summed E-state index contributed by atoms with van der Waals surface area (Å²) in [7, 11) is -3.84. The first-order chi connectivity index (χ1) is 14.9. The molecule has 0 saturated heterocycles. The van der Waals surface area contributed by atoms with E-state index in [0.717, 1.165) is 18.4 Å². The van der Waals surface area contributed by atoms with Gasteiger partial charge in [0.2, 0.25) is 0 Å². The van der Waals surface area contributed by atoms with Crippen LogP contribution in [0.5, 0.6) is 0 Å². The van der Waals surface area contributed by atoms with Crippen LogP contribution in [-0.4, -0.2) is 25.8 Å². The second-order valence-corrected chi connectivity index (χ2v) is 8.96. The van der Waals surface area contributed by atoms with Crippen molar-refractivity contribution in [2.24, 2.45) is 0 Å². The van der Waals surface area contributed by atoms with Crippen molar-refractivity contribution in [1.82, 2.24) is 0 Å². The number of nitro groups is 1. The minimum atomic E-state index is -3.84. The maximum Gasteiger partial charge on any atom is 0.269 e. The summed E-state index contributed by atoms with van der Waals surface area (Å²) in [5, 5.41) is 13.4. The summed E-state index contributed by atoms with van der Waals surface area (Å²) in [5.74, 6) is -0.509. The minimum Gasteiger partial charge on any atom is -0.322 e. The van der Waals surface area contributed by atoms with Gasteiger partial charge in [0.1, 0.15) is 0 Å². The predicted octanol–water partition coefficient (Wildman–Crippen LogP) is 3.99. The Hall–Kier alpha value is -3.72. The van der Waals surface area contributed by atoms with Gasteiger partial charge in [0.15, 0.2) is 0 Å². The number of nitro benzene ring substituents is 1. The van der Waals surface area contributed by atoms with E-state index in [1.807, 2.05) is 12.1 Å². The molecule has 9 heteroatoms. The van der Waals surface area contributed by atoms with Crippen LogP contribution in [0.3, 0.4) is 0 Å². The number of hydrogen-bond acceptors (Lipinski definition) is 5.